The van der Waals surface area contributed by atoms with Gasteiger partial charge in [0.2, 0.25) is 11.7 Å². The molecule has 1 N–H and O–H groups in total. The first-order valence-electron chi connectivity index (χ1n) is 11.6. The second kappa shape index (κ2) is 9.44. The van der Waals surface area contributed by atoms with Crippen LogP contribution in [0.2, 0.25) is 0 Å². The Bertz CT molecular complexity index is 1340. The molecule has 0 saturated carbocycles. The average molecular weight is 493 g/mol. The van der Waals surface area contributed by atoms with Crippen molar-refractivity contribution < 1.29 is 28.5 Å². The summed E-state index contributed by atoms with van der Waals surface area (Å²) in [6.45, 7) is 0. The number of fused-ring (bicyclic) bond motifs is 1. The topological polar surface area (TPSA) is 106 Å². The minimum absolute atomic E-state index is 0.0779. The number of anilines is 1. The fraction of sp³-hybridized carbons (Fsp3) is 0.346. The van der Waals surface area contributed by atoms with Crippen LogP contribution in [0.1, 0.15) is 30.9 Å². The lowest BCUT2D eigenvalue weighted by Crippen LogP contribution is -2.31. The van der Waals surface area contributed by atoms with Crippen molar-refractivity contribution in [2.45, 2.75) is 25.3 Å². The molecule has 10 nitrogen and oxygen atoms in total. The highest BCUT2D eigenvalue weighted by molar-refractivity contribution is 5.99. The number of hydrogen-bond acceptors (Lipinski definition) is 9. The molecule has 0 bridgehead atoms. The van der Waals surface area contributed by atoms with Crippen molar-refractivity contribution in [3.8, 4) is 40.1 Å². The van der Waals surface area contributed by atoms with Gasteiger partial charge in [0.05, 0.1) is 35.5 Å². The first-order chi connectivity index (χ1) is 17.5. The van der Waals surface area contributed by atoms with E-state index < -0.39 is 6.04 Å². The normalized spacial score (nSPS) is 16.6. The molecular weight excluding hydrogens is 464 g/mol. The predicted octanol–water partition coefficient (Wildman–Crippen LogP) is 4.01. The molecule has 3 aromatic rings. The summed E-state index contributed by atoms with van der Waals surface area (Å²) in [5, 5.41) is 8.20. The van der Waals surface area contributed by atoms with Crippen LogP contribution in [0.25, 0.3) is 11.4 Å². The SMILES string of the molecule is COc1cc(-c2nc3n(n2)[C@@H](c2cccc(OC)c2OC)C2=C(CCCC2=O)N3)cc(OC)c1OC. The zero-order valence-corrected chi connectivity index (χ0v) is 20.9. The van der Waals surface area contributed by atoms with Gasteiger partial charge in [0.25, 0.3) is 0 Å². The van der Waals surface area contributed by atoms with Gasteiger partial charge in [-0.05, 0) is 31.0 Å². The molecule has 2 heterocycles. The molecule has 0 amide bonds. The van der Waals surface area contributed by atoms with Crippen LogP contribution in [-0.4, -0.2) is 56.1 Å². The number of Topliss-reactive ketones (excluding diaryl/α,β-unsaturated/α-hetero) is 1. The third-order valence-electron chi connectivity index (χ3n) is 6.52. The van der Waals surface area contributed by atoms with E-state index in [2.05, 4.69) is 5.32 Å². The van der Waals surface area contributed by atoms with Crippen LogP contribution in [0.5, 0.6) is 28.7 Å². The lowest BCUT2D eigenvalue weighted by atomic mass is 9.85. The maximum absolute atomic E-state index is 13.2. The van der Waals surface area contributed by atoms with E-state index >= 15 is 0 Å². The van der Waals surface area contributed by atoms with Crippen LogP contribution in [0.3, 0.4) is 0 Å². The number of carbonyl (C=O) groups is 1. The second-order valence-electron chi connectivity index (χ2n) is 8.40. The first-order valence-corrected chi connectivity index (χ1v) is 11.6. The minimum Gasteiger partial charge on any atom is -0.493 e. The van der Waals surface area contributed by atoms with E-state index in [1.807, 2.05) is 18.2 Å². The molecular formula is C26H28N4O6. The monoisotopic (exact) mass is 492 g/mol. The number of ketones is 1. The Kier molecular flexibility index (Phi) is 6.17. The van der Waals surface area contributed by atoms with Crippen molar-refractivity contribution in [3.05, 3.63) is 47.2 Å². The molecule has 10 heteroatoms. The molecule has 2 aromatic carbocycles. The summed E-state index contributed by atoms with van der Waals surface area (Å²) in [7, 11) is 7.84. The number of carbonyl (C=O) groups excluding carboxylic acids is 1. The predicted molar refractivity (Wildman–Crippen MR) is 132 cm³/mol. The number of benzene rings is 2. The largest absolute Gasteiger partial charge is 0.493 e. The minimum atomic E-state index is -0.530. The van der Waals surface area contributed by atoms with E-state index in [0.717, 1.165) is 24.1 Å². The van der Waals surface area contributed by atoms with Crippen molar-refractivity contribution >= 4 is 11.7 Å². The molecule has 0 fully saturated rings. The zero-order chi connectivity index (χ0) is 25.4. The summed E-state index contributed by atoms with van der Waals surface area (Å²) in [6.07, 6.45) is 2.00. The van der Waals surface area contributed by atoms with Crippen LogP contribution in [0, 0.1) is 0 Å². The van der Waals surface area contributed by atoms with E-state index in [4.69, 9.17) is 33.8 Å². The summed E-state index contributed by atoms with van der Waals surface area (Å²) in [4.78, 5) is 18.0. The summed E-state index contributed by atoms with van der Waals surface area (Å²) < 4.78 is 29.5. The fourth-order valence-corrected chi connectivity index (χ4v) is 4.90. The van der Waals surface area contributed by atoms with Crippen molar-refractivity contribution in [2.24, 2.45) is 0 Å². The molecule has 188 valence electrons. The summed E-state index contributed by atoms with van der Waals surface area (Å²) in [6, 6.07) is 8.69. The van der Waals surface area contributed by atoms with E-state index in [0.29, 0.717) is 58.1 Å². The van der Waals surface area contributed by atoms with Gasteiger partial charge in [-0.15, -0.1) is 5.10 Å². The first kappa shape index (κ1) is 23.5. The maximum Gasteiger partial charge on any atom is 0.226 e. The average Bonchev–Trinajstić information content (AvgIpc) is 3.34. The molecule has 1 aliphatic heterocycles. The summed E-state index contributed by atoms with van der Waals surface area (Å²) in [5.41, 5.74) is 2.97. The van der Waals surface area contributed by atoms with Gasteiger partial charge in [0.1, 0.15) is 6.04 Å². The van der Waals surface area contributed by atoms with Crippen molar-refractivity contribution in [2.75, 3.05) is 40.9 Å². The molecule has 2 aliphatic rings. The van der Waals surface area contributed by atoms with Crippen molar-refractivity contribution in [3.63, 3.8) is 0 Å². The number of hydrogen-bond donors (Lipinski definition) is 1. The number of aromatic nitrogens is 3. The van der Waals surface area contributed by atoms with Crippen LogP contribution < -0.4 is 29.0 Å². The summed E-state index contributed by atoms with van der Waals surface area (Å²) >= 11 is 0. The number of nitrogens with zero attached hydrogens (tertiary/aromatic N) is 3. The van der Waals surface area contributed by atoms with Crippen LogP contribution in [0.4, 0.5) is 5.95 Å². The lowest BCUT2D eigenvalue weighted by Gasteiger charge is -2.32. The standard InChI is InChI=1S/C26H28N4O6/c1-32-18-11-6-8-15(23(18)35-4)22-21-16(9-7-10-17(21)31)27-26-28-25(29-30(22)26)14-12-19(33-2)24(36-5)20(13-14)34-3/h6,8,11-13,22H,7,9-10H2,1-5H3,(H,27,28,29)/t22-/m0/s1. The third kappa shape index (κ3) is 3.69. The molecule has 1 aliphatic carbocycles. The highest BCUT2D eigenvalue weighted by Gasteiger charge is 2.39. The van der Waals surface area contributed by atoms with Gasteiger partial charge in [0, 0.05) is 28.8 Å². The van der Waals surface area contributed by atoms with E-state index in [1.54, 1.807) is 52.4 Å². The van der Waals surface area contributed by atoms with Gasteiger partial charge in [0.15, 0.2) is 34.6 Å². The highest BCUT2D eigenvalue weighted by Crippen LogP contribution is 2.46. The molecule has 1 aromatic heterocycles. The Morgan fingerprint density at radius 3 is 2.22 bits per heavy atom. The molecule has 0 unspecified atom stereocenters. The number of rotatable bonds is 7. The Balaban J connectivity index is 1.71. The number of para-hydroxylation sites is 1. The lowest BCUT2D eigenvalue weighted by molar-refractivity contribution is -0.116. The molecule has 0 spiro atoms. The van der Waals surface area contributed by atoms with Crippen LogP contribution in [0.15, 0.2) is 41.6 Å². The van der Waals surface area contributed by atoms with Crippen LogP contribution in [-0.2, 0) is 4.79 Å². The quantitative estimate of drug-likeness (QED) is 0.524. The molecule has 0 radical (unpaired) electrons. The molecule has 36 heavy (non-hydrogen) atoms. The fourth-order valence-electron chi connectivity index (χ4n) is 4.90. The van der Waals surface area contributed by atoms with E-state index in [-0.39, 0.29) is 5.78 Å². The van der Waals surface area contributed by atoms with Crippen molar-refractivity contribution in [1.29, 1.82) is 0 Å². The number of allylic oxidation sites excluding steroid dienone is 2. The maximum atomic E-state index is 13.2. The van der Waals surface area contributed by atoms with Gasteiger partial charge in [-0.25, -0.2) is 4.68 Å². The third-order valence-corrected chi connectivity index (χ3v) is 6.52. The van der Waals surface area contributed by atoms with Crippen molar-refractivity contribution in [1.82, 2.24) is 14.8 Å². The van der Waals surface area contributed by atoms with Gasteiger partial charge in [-0.1, -0.05) is 12.1 Å². The molecule has 5 rings (SSSR count). The zero-order valence-electron chi connectivity index (χ0n) is 20.9. The van der Waals surface area contributed by atoms with Gasteiger partial charge in [-0.2, -0.15) is 4.98 Å². The molecule has 0 saturated heterocycles. The summed E-state index contributed by atoms with van der Waals surface area (Å²) in [5.74, 6) is 3.63. The van der Waals surface area contributed by atoms with Gasteiger partial charge in [-0.3, -0.25) is 4.79 Å². The Hall–Kier alpha value is -4.21. The van der Waals surface area contributed by atoms with Gasteiger partial charge < -0.3 is 29.0 Å². The number of methoxy groups -OCH3 is 5. The Morgan fingerprint density at radius 2 is 1.58 bits per heavy atom. The number of ether oxygens (including phenoxy) is 5. The Morgan fingerprint density at radius 1 is 0.889 bits per heavy atom. The van der Waals surface area contributed by atoms with Crippen LogP contribution >= 0.6 is 0 Å². The van der Waals surface area contributed by atoms with E-state index in [1.165, 1.54) is 0 Å². The Labute approximate surface area is 208 Å². The second-order valence-corrected chi connectivity index (χ2v) is 8.40. The smallest absolute Gasteiger partial charge is 0.226 e. The van der Waals surface area contributed by atoms with E-state index in [9.17, 15) is 4.79 Å². The molecule has 1 atom stereocenters. The van der Waals surface area contributed by atoms with Gasteiger partial charge >= 0.3 is 0 Å². The number of nitrogens with one attached hydrogen (secondary N) is 1. The highest BCUT2D eigenvalue weighted by atomic mass is 16.5.